The number of ether oxygens (including phenoxy) is 1. The van der Waals surface area contributed by atoms with Crippen molar-refractivity contribution in [1.82, 2.24) is 5.32 Å². The summed E-state index contributed by atoms with van der Waals surface area (Å²) in [7, 11) is 0. The van der Waals surface area contributed by atoms with Crippen LogP contribution in [0.25, 0.3) is 0 Å². The maximum absolute atomic E-state index is 5.77. The van der Waals surface area contributed by atoms with Crippen LogP contribution in [0.3, 0.4) is 0 Å². The molecule has 1 N–H and O–H groups in total. The van der Waals surface area contributed by atoms with Crippen LogP contribution in [0.4, 0.5) is 5.69 Å². The first kappa shape index (κ1) is 14.9. The van der Waals surface area contributed by atoms with Crippen LogP contribution in [0.2, 0.25) is 0 Å². The lowest BCUT2D eigenvalue weighted by molar-refractivity contribution is -0.0630. The molecule has 2 aliphatic heterocycles. The molecule has 116 valence electrons. The zero-order valence-electron chi connectivity index (χ0n) is 13.4. The molecule has 3 nitrogen and oxygen atoms in total. The predicted molar refractivity (Wildman–Crippen MR) is 87.8 cm³/mol. The van der Waals surface area contributed by atoms with Gasteiger partial charge in [0, 0.05) is 38.0 Å². The SMILES string of the molecule is CC1(C)CC(NCc2ccc(N3CCCC3)cc2)CCO1. The Morgan fingerprint density at radius 1 is 1.19 bits per heavy atom. The van der Waals surface area contributed by atoms with E-state index in [1.54, 1.807) is 0 Å². The third-order valence-corrected chi connectivity index (χ3v) is 4.70. The summed E-state index contributed by atoms with van der Waals surface area (Å²) in [5, 5.41) is 3.69. The van der Waals surface area contributed by atoms with Crippen molar-refractivity contribution in [3.8, 4) is 0 Å². The van der Waals surface area contributed by atoms with Crippen molar-refractivity contribution < 1.29 is 4.74 Å². The molecule has 0 bridgehead atoms. The Balaban J connectivity index is 1.51. The van der Waals surface area contributed by atoms with Gasteiger partial charge in [-0.3, -0.25) is 0 Å². The van der Waals surface area contributed by atoms with E-state index < -0.39 is 0 Å². The molecule has 1 unspecified atom stereocenters. The van der Waals surface area contributed by atoms with E-state index >= 15 is 0 Å². The van der Waals surface area contributed by atoms with E-state index in [2.05, 4.69) is 48.3 Å². The molecule has 3 heteroatoms. The van der Waals surface area contributed by atoms with Crippen LogP contribution in [0, 0.1) is 0 Å². The van der Waals surface area contributed by atoms with Gasteiger partial charge in [0.05, 0.1) is 5.60 Å². The van der Waals surface area contributed by atoms with Crippen molar-refractivity contribution in [2.45, 2.75) is 57.7 Å². The number of hydrogen-bond acceptors (Lipinski definition) is 3. The first-order valence-corrected chi connectivity index (χ1v) is 8.34. The summed E-state index contributed by atoms with van der Waals surface area (Å²) in [6.45, 7) is 8.64. The van der Waals surface area contributed by atoms with Crippen molar-refractivity contribution in [2.24, 2.45) is 0 Å². The maximum Gasteiger partial charge on any atom is 0.0641 e. The molecular weight excluding hydrogens is 260 g/mol. The standard InChI is InChI=1S/C18H28N2O/c1-18(2)13-16(9-12-21-18)19-14-15-5-7-17(8-6-15)20-10-3-4-11-20/h5-8,16,19H,3-4,9-14H2,1-2H3. The molecule has 0 amide bonds. The Bertz CT molecular complexity index is 449. The average Bonchev–Trinajstić information content (AvgIpc) is 2.99. The fourth-order valence-electron chi connectivity index (χ4n) is 3.47. The van der Waals surface area contributed by atoms with Crippen molar-refractivity contribution in [3.05, 3.63) is 29.8 Å². The highest BCUT2D eigenvalue weighted by Gasteiger charge is 2.28. The van der Waals surface area contributed by atoms with Crippen LogP contribution in [-0.4, -0.2) is 31.3 Å². The number of benzene rings is 1. The summed E-state index contributed by atoms with van der Waals surface area (Å²) < 4.78 is 5.77. The van der Waals surface area contributed by atoms with Gasteiger partial charge in [0.15, 0.2) is 0 Å². The van der Waals surface area contributed by atoms with Crippen molar-refractivity contribution in [1.29, 1.82) is 0 Å². The van der Waals surface area contributed by atoms with Gasteiger partial charge in [-0.1, -0.05) is 12.1 Å². The highest BCUT2D eigenvalue weighted by Crippen LogP contribution is 2.24. The van der Waals surface area contributed by atoms with Crippen molar-refractivity contribution in [2.75, 3.05) is 24.6 Å². The summed E-state index contributed by atoms with van der Waals surface area (Å²) >= 11 is 0. The molecule has 1 atom stereocenters. The molecule has 0 saturated carbocycles. The predicted octanol–water partition coefficient (Wildman–Crippen LogP) is 3.33. The molecular formula is C18H28N2O. The van der Waals surface area contributed by atoms with Gasteiger partial charge in [-0.15, -0.1) is 0 Å². The highest BCUT2D eigenvalue weighted by atomic mass is 16.5. The van der Waals surface area contributed by atoms with E-state index in [1.165, 1.54) is 37.2 Å². The minimum Gasteiger partial charge on any atom is -0.375 e. The molecule has 1 aromatic carbocycles. The van der Waals surface area contributed by atoms with E-state index in [0.29, 0.717) is 6.04 Å². The van der Waals surface area contributed by atoms with E-state index in [-0.39, 0.29) is 5.60 Å². The zero-order valence-corrected chi connectivity index (χ0v) is 13.4. The molecule has 0 aliphatic carbocycles. The number of anilines is 1. The molecule has 21 heavy (non-hydrogen) atoms. The Labute approximate surface area is 128 Å². The molecule has 2 fully saturated rings. The Kier molecular flexibility index (Phi) is 4.51. The number of rotatable bonds is 4. The summed E-state index contributed by atoms with van der Waals surface area (Å²) in [4.78, 5) is 2.48. The number of nitrogens with zero attached hydrogens (tertiary/aromatic N) is 1. The van der Waals surface area contributed by atoms with Crippen LogP contribution < -0.4 is 10.2 Å². The van der Waals surface area contributed by atoms with Crippen LogP contribution in [0.15, 0.2) is 24.3 Å². The van der Waals surface area contributed by atoms with Crippen molar-refractivity contribution >= 4 is 5.69 Å². The molecule has 0 radical (unpaired) electrons. The number of nitrogens with one attached hydrogen (secondary N) is 1. The fraction of sp³-hybridized carbons (Fsp3) is 0.667. The minimum atomic E-state index is 0.0233. The summed E-state index contributed by atoms with van der Waals surface area (Å²) in [5.41, 5.74) is 2.78. The lowest BCUT2D eigenvalue weighted by atomic mass is 9.94. The van der Waals surface area contributed by atoms with Crippen LogP contribution in [0.5, 0.6) is 0 Å². The van der Waals surface area contributed by atoms with Gasteiger partial charge in [0.2, 0.25) is 0 Å². The molecule has 3 rings (SSSR count). The van der Waals surface area contributed by atoms with Gasteiger partial charge in [0.1, 0.15) is 0 Å². The molecule has 1 aromatic rings. The van der Waals surface area contributed by atoms with Gasteiger partial charge < -0.3 is 15.0 Å². The van der Waals surface area contributed by atoms with Gasteiger partial charge in [-0.05, 0) is 57.2 Å². The second-order valence-electron chi connectivity index (χ2n) is 7.04. The smallest absolute Gasteiger partial charge is 0.0641 e. The van der Waals surface area contributed by atoms with E-state index in [9.17, 15) is 0 Å². The van der Waals surface area contributed by atoms with E-state index in [4.69, 9.17) is 4.74 Å². The Morgan fingerprint density at radius 2 is 1.90 bits per heavy atom. The Morgan fingerprint density at radius 3 is 2.57 bits per heavy atom. The second kappa shape index (κ2) is 6.37. The lowest BCUT2D eigenvalue weighted by Gasteiger charge is -2.36. The quantitative estimate of drug-likeness (QED) is 0.919. The first-order valence-electron chi connectivity index (χ1n) is 8.34. The van der Waals surface area contributed by atoms with E-state index in [1.807, 2.05) is 0 Å². The van der Waals surface area contributed by atoms with Gasteiger partial charge in [-0.2, -0.15) is 0 Å². The number of hydrogen-bond donors (Lipinski definition) is 1. The average molecular weight is 288 g/mol. The van der Waals surface area contributed by atoms with Crippen LogP contribution in [-0.2, 0) is 11.3 Å². The van der Waals surface area contributed by atoms with Crippen LogP contribution in [0.1, 0.15) is 45.1 Å². The van der Waals surface area contributed by atoms with Gasteiger partial charge in [0.25, 0.3) is 0 Å². The highest BCUT2D eigenvalue weighted by molar-refractivity contribution is 5.48. The monoisotopic (exact) mass is 288 g/mol. The molecule has 0 spiro atoms. The van der Waals surface area contributed by atoms with Crippen molar-refractivity contribution in [3.63, 3.8) is 0 Å². The molecule has 2 heterocycles. The maximum atomic E-state index is 5.77. The summed E-state index contributed by atoms with van der Waals surface area (Å²) in [6.07, 6.45) is 4.89. The fourth-order valence-corrected chi connectivity index (χ4v) is 3.47. The second-order valence-corrected chi connectivity index (χ2v) is 7.04. The first-order chi connectivity index (χ1) is 10.1. The van der Waals surface area contributed by atoms with Crippen LogP contribution >= 0.6 is 0 Å². The molecule has 0 aromatic heterocycles. The zero-order chi connectivity index (χ0) is 14.7. The molecule has 2 aliphatic rings. The van der Waals surface area contributed by atoms with Gasteiger partial charge >= 0.3 is 0 Å². The topological polar surface area (TPSA) is 24.5 Å². The lowest BCUT2D eigenvalue weighted by Crippen LogP contribution is -2.43. The summed E-state index contributed by atoms with van der Waals surface area (Å²) in [5.74, 6) is 0. The molecule has 2 saturated heterocycles. The minimum absolute atomic E-state index is 0.0233. The normalized spacial score (nSPS) is 25.2. The third kappa shape index (κ3) is 3.98. The Hall–Kier alpha value is -1.06. The van der Waals surface area contributed by atoms with E-state index in [0.717, 1.165) is 26.0 Å². The largest absolute Gasteiger partial charge is 0.375 e. The van der Waals surface area contributed by atoms with Gasteiger partial charge in [-0.25, -0.2) is 0 Å². The third-order valence-electron chi connectivity index (χ3n) is 4.70. The summed E-state index contributed by atoms with van der Waals surface area (Å²) in [6, 6.07) is 9.66.